The highest BCUT2D eigenvalue weighted by Crippen LogP contribution is 2.43. The van der Waals surface area contributed by atoms with Crippen LogP contribution in [0.1, 0.15) is 43.9 Å². The molecular weight excluding hydrogens is 721 g/mol. The van der Waals surface area contributed by atoms with Crippen LogP contribution < -0.4 is 4.90 Å². The van der Waals surface area contributed by atoms with Crippen LogP contribution in [0, 0.1) is 0 Å². The number of nitrogens with zero attached hydrogens (tertiary/aromatic N) is 3. The third kappa shape index (κ3) is 8.42. The Morgan fingerprint density at radius 3 is 2.16 bits per heavy atom. The molecule has 2 aromatic carbocycles. The van der Waals surface area contributed by atoms with Crippen LogP contribution in [0.4, 0.5) is 32.0 Å². The van der Waals surface area contributed by atoms with Crippen LogP contribution in [0.5, 0.6) is 0 Å². The van der Waals surface area contributed by atoms with Gasteiger partial charge in [-0.3, -0.25) is 4.90 Å². The number of benzene rings is 2. The van der Waals surface area contributed by atoms with E-state index in [2.05, 4.69) is 16.7 Å². The number of aliphatic hydroxyl groups is 1. The molecule has 3 aromatic rings. The van der Waals surface area contributed by atoms with Gasteiger partial charge in [-0.05, 0) is 67.0 Å². The molecule has 0 spiro atoms. The number of piperazine rings is 1. The molecule has 16 heteroatoms. The lowest BCUT2D eigenvalue weighted by atomic mass is 9.93. The molecular formula is C35H43F6N3O5S2. The van der Waals surface area contributed by atoms with Gasteiger partial charge in [0.15, 0.2) is 11.2 Å². The van der Waals surface area contributed by atoms with Crippen molar-refractivity contribution in [3.8, 4) is 0 Å². The lowest BCUT2D eigenvalue weighted by molar-refractivity contribution is -0.277. The predicted octanol–water partition coefficient (Wildman–Crippen LogP) is 6.55. The highest BCUT2D eigenvalue weighted by Gasteiger charge is 2.54. The van der Waals surface area contributed by atoms with Gasteiger partial charge in [-0.15, -0.1) is 11.3 Å². The van der Waals surface area contributed by atoms with Crippen LogP contribution in [-0.2, 0) is 37.1 Å². The third-order valence-corrected chi connectivity index (χ3v) is 13.2. The first-order valence-corrected chi connectivity index (χ1v) is 19.0. The second-order valence-corrected chi connectivity index (χ2v) is 16.3. The zero-order valence-electron chi connectivity index (χ0n) is 28.6. The Morgan fingerprint density at radius 1 is 0.902 bits per heavy atom. The van der Waals surface area contributed by atoms with Crippen molar-refractivity contribution >= 4 is 27.0 Å². The third-order valence-electron chi connectivity index (χ3n) is 9.94. The minimum absolute atomic E-state index is 0.0151. The molecule has 4 unspecified atom stereocenters. The number of rotatable bonds is 12. The van der Waals surface area contributed by atoms with E-state index in [0.29, 0.717) is 51.0 Å². The summed E-state index contributed by atoms with van der Waals surface area (Å²) in [5, 5.41) is 11.6. The fourth-order valence-electron chi connectivity index (χ4n) is 6.49. The maximum Gasteiger partial charge on any atom is 0.421 e. The van der Waals surface area contributed by atoms with E-state index in [1.165, 1.54) is 28.6 Å². The first-order valence-electron chi connectivity index (χ1n) is 16.7. The van der Waals surface area contributed by atoms with E-state index in [1.54, 1.807) is 29.6 Å². The lowest BCUT2D eigenvalue weighted by Gasteiger charge is -2.46. The summed E-state index contributed by atoms with van der Waals surface area (Å²) in [6.45, 7) is 6.33. The Balaban J connectivity index is 1.33. The van der Waals surface area contributed by atoms with Crippen molar-refractivity contribution in [3.63, 3.8) is 0 Å². The lowest BCUT2D eigenvalue weighted by Crippen LogP contribution is -2.60. The maximum atomic E-state index is 14.6. The quantitative estimate of drug-likeness (QED) is 0.210. The van der Waals surface area contributed by atoms with Gasteiger partial charge in [0.05, 0.1) is 25.9 Å². The van der Waals surface area contributed by atoms with E-state index in [0.717, 1.165) is 36.8 Å². The van der Waals surface area contributed by atoms with E-state index < -0.39 is 33.6 Å². The van der Waals surface area contributed by atoms with Crippen molar-refractivity contribution < 1.29 is 49.3 Å². The van der Waals surface area contributed by atoms with E-state index in [4.69, 9.17) is 9.47 Å². The summed E-state index contributed by atoms with van der Waals surface area (Å²) in [6.07, 6.45) is -8.87. The van der Waals surface area contributed by atoms with E-state index in [1.807, 2.05) is 0 Å². The molecule has 3 heterocycles. The van der Waals surface area contributed by atoms with Crippen molar-refractivity contribution in [2.24, 2.45) is 0 Å². The Hall–Kier alpha value is -2.73. The molecule has 0 aliphatic carbocycles. The molecule has 4 atom stereocenters. The van der Waals surface area contributed by atoms with Gasteiger partial charge >= 0.3 is 12.4 Å². The largest absolute Gasteiger partial charge is 0.421 e. The molecule has 5 rings (SSSR count). The minimum Gasteiger partial charge on any atom is -0.378 e. The summed E-state index contributed by atoms with van der Waals surface area (Å²) in [5.74, 6) is 0. The van der Waals surface area contributed by atoms with Gasteiger partial charge in [-0.25, -0.2) is 8.42 Å². The normalized spacial score (nSPS) is 22.4. The highest BCUT2D eigenvalue weighted by molar-refractivity contribution is 7.91. The summed E-state index contributed by atoms with van der Waals surface area (Å²) in [7, 11) is -3.72. The second kappa shape index (κ2) is 15.3. The van der Waals surface area contributed by atoms with Crippen molar-refractivity contribution in [1.82, 2.24) is 9.21 Å². The summed E-state index contributed by atoms with van der Waals surface area (Å²) in [5.41, 5.74) is -5.20. The molecule has 282 valence electrons. The molecule has 0 amide bonds. The molecule has 2 aliphatic heterocycles. The smallest absolute Gasteiger partial charge is 0.378 e. The number of hydrogen-bond donors (Lipinski definition) is 1. The van der Waals surface area contributed by atoms with Crippen LogP contribution >= 0.6 is 11.3 Å². The number of sulfonamides is 1. The predicted molar refractivity (Wildman–Crippen MR) is 182 cm³/mol. The van der Waals surface area contributed by atoms with Crippen molar-refractivity contribution in [3.05, 3.63) is 82.7 Å². The topological polar surface area (TPSA) is 82.6 Å². The number of thiophene rings is 1. The van der Waals surface area contributed by atoms with Gasteiger partial charge in [0.2, 0.25) is 0 Å². The Labute approximate surface area is 298 Å². The van der Waals surface area contributed by atoms with Crippen LogP contribution in [0.25, 0.3) is 0 Å². The number of halogens is 6. The molecule has 0 radical (unpaired) electrons. The molecule has 0 bridgehead atoms. The number of hydrogen-bond acceptors (Lipinski definition) is 8. The van der Waals surface area contributed by atoms with Gasteiger partial charge < -0.3 is 19.5 Å². The molecule has 2 fully saturated rings. The van der Waals surface area contributed by atoms with Gasteiger partial charge in [-0.2, -0.15) is 30.6 Å². The molecule has 2 saturated heterocycles. The SMILES string of the molecule is CCC1COCCN1CC1CN(S(=O)(=O)c2cccs2)CCN1c1ccc(C(C)(OCCc2ccc(C(C)(O)C(F)(F)F)cc2)C(F)(F)F)cc1. The number of ether oxygens (including phenoxy) is 2. The van der Waals surface area contributed by atoms with Crippen LogP contribution in [0.2, 0.25) is 0 Å². The highest BCUT2D eigenvalue weighted by atomic mass is 32.2. The molecule has 0 saturated carbocycles. The average molecular weight is 764 g/mol. The maximum absolute atomic E-state index is 14.6. The minimum atomic E-state index is -4.90. The monoisotopic (exact) mass is 763 g/mol. The summed E-state index contributed by atoms with van der Waals surface area (Å²) >= 11 is 1.15. The second-order valence-electron chi connectivity index (χ2n) is 13.2. The summed E-state index contributed by atoms with van der Waals surface area (Å²) in [4.78, 5) is 4.34. The van der Waals surface area contributed by atoms with Gasteiger partial charge in [0.25, 0.3) is 10.0 Å². The molecule has 8 nitrogen and oxygen atoms in total. The van der Waals surface area contributed by atoms with Crippen LogP contribution in [0.3, 0.4) is 0 Å². The molecule has 2 aliphatic rings. The Bertz CT molecular complexity index is 1690. The van der Waals surface area contributed by atoms with E-state index in [9.17, 15) is 39.9 Å². The fourth-order valence-corrected chi connectivity index (χ4v) is 9.10. The standard InChI is InChI=1S/C35H43F6N3O5S2/c1-4-28-24-48-20-18-42(28)22-30-23-43(51(46,47)31-6-5-21-50-31)16-17-44(30)29-13-11-27(12-14-29)33(3,35(39,40)41)49-19-15-25-7-9-26(10-8-25)32(2,45)34(36,37)38/h5-14,21,28,30,45H,4,15-20,22-24H2,1-3H3. The summed E-state index contributed by atoms with van der Waals surface area (Å²) < 4.78 is 123. The zero-order chi connectivity index (χ0) is 37.2. The summed E-state index contributed by atoms with van der Waals surface area (Å²) in [6, 6.07) is 13.9. The Kier molecular flexibility index (Phi) is 11.9. The molecule has 1 aromatic heterocycles. The van der Waals surface area contributed by atoms with E-state index >= 15 is 0 Å². The van der Waals surface area contributed by atoms with Gasteiger partial charge in [0, 0.05) is 44.5 Å². The Morgan fingerprint density at radius 2 is 1.57 bits per heavy atom. The van der Waals surface area contributed by atoms with Crippen molar-refractivity contribution in [2.45, 2.75) is 73.5 Å². The van der Waals surface area contributed by atoms with Crippen LogP contribution in [0.15, 0.2) is 70.3 Å². The number of morpholine rings is 1. The van der Waals surface area contributed by atoms with Gasteiger partial charge in [-0.1, -0.05) is 49.4 Å². The number of anilines is 1. The average Bonchev–Trinajstić information content (AvgIpc) is 3.64. The fraction of sp³-hybridized carbons (Fsp3) is 0.543. The number of alkyl halides is 6. The van der Waals surface area contributed by atoms with Gasteiger partial charge in [0.1, 0.15) is 4.21 Å². The van der Waals surface area contributed by atoms with E-state index in [-0.39, 0.29) is 53.5 Å². The molecule has 51 heavy (non-hydrogen) atoms. The molecule has 1 N–H and O–H groups in total. The van der Waals surface area contributed by atoms with Crippen molar-refractivity contribution in [1.29, 1.82) is 0 Å². The first-order chi connectivity index (χ1) is 23.9. The first kappa shape index (κ1) is 39.5. The van der Waals surface area contributed by atoms with Crippen molar-refractivity contribution in [2.75, 3.05) is 57.4 Å². The zero-order valence-corrected chi connectivity index (χ0v) is 30.2. The van der Waals surface area contributed by atoms with Crippen LogP contribution in [-0.4, -0.2) is 99.7 Å².